The molecule has 0 unspecified atom stereocenters. The Hall–Kier alpha value is -1.47. The molecule has 0 spiro atoms. The quantitative estimate of drug-likeness (QED) is 0.718. The predicted octanol–water partition coefficient (Wildman–Crippen LogP) is 0.350. The minimum absolute atomic E-state index is 0.00938. The molecule has 14 heavy (non-hydrogen) atoms. The van der Waals surface area contributed by atoms with Gasteiger partial charge in [-0.1, -0.05) is 0 Å². The lowest BCUT2D eigenvalue weighted by Gasteiger charge is -2.00. The Morgan fingerprint density at radius 1 is 1.57 bits per heavy atom. The number of hydrogen-bond donors (Lipinski definition) is 1. The van der Waals surface area contributed by atoms with Gasteiger partial charge in [0.15, 0.2) is 0 Å². The van der Waals surface area contributed by atoms with Crippen LogP contribution < -0.4 is 0 Å². The molecule has 0 aromatic carbocycles. The van der Waals surface area contributed by atoms with Crippen molar-refractivity contribution in [2.45, 2.75) is 6.92 Å². The summed E-state index contributed by atoms with van der Waals surface area (Å²) in [7, 11) is -4.75. The zero-order valence-electron chi connectivity index (χ0n) is 7.17. The third-order valence-corrected chi connectivity index (χ3v) is 1.68. The van der Waals surface area contributed by atoms with Crippen molar-refractivity contribution in [1.29, 1.82) is 0 Å². The first-order valence-electron chi connectivity index (χ1n) is 3.52. The summed E-state index contributed by atoms with van der Waals surface area (Å²) in [5, 5.41) is 0. The Morgan fingerprint density at radius 2 is 2.21 bits per heavy atom. The van der Waals surface area contributed by atoms with E-state index in [-0.39, 0.29) is 5.56 Å². The van der Waals surface area contributed by atoms with E-state index < -0.39 is 16.4 Å². The second-order valence-corrected chi connectivity index (χ2v) is 3.51. The largest absolute Gasteiger partial charge is 0.449 e. The fraction of sp³-hybridized carbons (Fsp3) is 0.143. The van der Waals surface area contributed by atoms with Crippen LogP contribution in [0.3, 0.4) is 0 Å². The highest BCUT2D eigenvalue weighted by molar-refractivity contribution is 7.81. The van der Waals surface area contributed by atoms with E-state index >= 15 is 0 Å². The highest BCUT2D eigenvalue weighted by Crippen LogP contribution is 2.04. The van der Waals surface area contributed by atoms with Crippen molar-refractivity contribution >= 4 is 16.4 Å². The van der Waals surface area contributed by atoms with E-state index in [1.165, 1.54) is 18.3 Å². The molecule has 0 saturated heterocycles. The van der Waals surface area contributed by atoms with Crippen molar-refractivity contribution in [1.82, 2.24) is 4.98 Å². The Labute approximate surface area is 80.5 Å². The highest BCUT2D eigenvalue weighted by Gasteiger charge is 2.15. The van der Waals surface area contributed by atoms with Gasteiger partial charge in [0.2, 0.25) is 0 Å². The number of nitrogens with zero attached hydrogens (tertiary/aromatic N) is 1. The molecule has 1 aromatic rings. The van der Waals surface area contributed by atoms with Gasteiger partial charge >= 0.3 is 16.4 Å². The number of carbonyl (C=O) groups excluding carboxylic acids is 1. The lowest BCUT2D eigenvalue weighted by Crippen LogP contribution is -2.12. The third-order valence-electron chi connectivity index (χ3n) is 1.31. The molecule has 76 valence electrons. The smallest absolute Gasteiger partial charge is 0.320 e. The molecule has 0 aliphatic heterocycles. The van der Waals surface area contributed by atoms with Crippen molar-refractivity contribution in [3.63, 3.8) is 0 Å². The second kappa shape index (κ2) is 3.72. The summed E-state index contributed by atoms with van der Waals surface area (Å²) in [6.07, 6.45) is 1.33. The number of aryl methyl sites for hydroxylation is 1. The van der Waals surface area contributed by atoms with E-state index in [0.717, 1.165) is 0 Å². The monoisotopic (exact) mass is 217 g/mol. The number of rotatable bonds is 2. The number of hydrogen-bond acceptors (Lipinski definition) is 5. The average Bonchev–Trinajstić information content (AvgIpc) is 2.01. The van der Waals surface area contributed by atoms with E-state index in [4.69, 9.17) is 4.55 Å². The normalized spacial score (nSPS) is 11.0. The van der Waals surface area contributed by atoms with Gasteiger partial charge in [0.25, 0.3) is 0 Å². The molecule has 7 heteroatoms. The lowest BCUT2D eigenvalue weighted by atomic mass is 10.2. The van der Waals surface area contributed by atoms with E-state index in [1.807, 2.05) is 0 Å². The number of aromatic nitrogens is 1. The summed E-state index contributed by atoms with van der Waals surface area (Å²) in [5.74, 6) is -1.14. The molecule has 1 N–H and O–H groups in total. The molecule has 0 saturated carbocycles. The molecule has 0 aliphatic rings. The standard InChI is InChI=1S/C7H7NO5S/c1-5-4-6(2-3-8-5)7(9)13-14(10,11)12/h2-4H,1H3,(H,10,11,12). The topological polar surface area (TPSA) is 93.6 Å². The lowest BCUT2D eigenvalue weighted by molar-refractivity contribution is 0.0727. The molecule has 0 fully saturated rings. The Morgan fingerprint density at radius 3 is 2.71 bits per heavy atom. The van der Waals surface area contributed by atoms with Crippen LogP contribution in [0.15, 0.2) is 18.3 Å². The zero-order chi connectivity index (χ0) is 10.8. The summed E-state index contributed by atoms with van der Waals surface area (Å²) in [6.45, 7) is 1.63. The third kappa shape index (κ3) is 3.11. The summed E-state index contributed by atoms with van der Waals surface area (Å²) in [5.41, 5.74) is 0.546. The molecule has 0 aliphatic carbocycles. The predicted molar refractivity (Wildman–Crippen MR) is 45.9 cm³/mol. The number of pyridine rings is 1. The van der Waals surface area contributed by atoms with Crippen LogP contribution in [0.4, 0.5) is 0 Å². The van der Waals surface area contributed by atoms with Crippen LogP contribution >= 0.6 is 0 Å². The van der Waals surface area contributed by atoms with Gasteiger partial charge in [-0.2, -0.15) is 8.42 Å². The van der Waals surface area contributed by atoms with Crippen LogP contribution in [0.5, 0.6) is 0 Å². The Bertz CT molecular complexity index is 453. The van der Waals surface area contributed by atoms with Crippen LogP contribution in [-0.4, -0.2) is 23.9 Å². The summed E-state index contributed by atoms with van der Waals surface area (Å²) in [6, 6.07) is 2.62. The first-order valence-corrected chi connectivity index (χ1v) is 4.89. The van der Waals surface area contributed by atoms with Gasteiger partial charge in [-0.15, -0.1) is 0 Å². The molecule has 1 rings (SSSR count). The molecule has 0 amide bonds. The highest BCUT2D eigenvalue weighted by atomic mass is 32.3. The second-order valence-electron chi connectivity index (χ2n) is 2.48. The van der Waals surface area contributed by atoms with Crippen molar-refractivity contribution in [3.05, 3.63) is 29.6 Å². The maximum absolute atomic E-state index is 11.0. The summed E-state index contributed by atoms with van der Waals surface area (Å²) < 4.78 is 32.4. The fourth-order valence-corrected chi connectivity index (χ4v) is 1.10. The van der Waals surface area contributed by atoms with Crippen molar-refractivity contribution in [3.8, 4) is 0 Å². The van der Waals surface area contributed by atoms with E-state index in [0.29, 0.717) is 5.69 Å². The van der Waals surface area contributed by atoms with Crippen molar-refractivity contribution < 1.29 is 21.9 Å². The Kier molecular flexibility index (Phi) is 2.82. The van der Waals surface area contributed by atoms with Gasteiger partial charge in [-0.25, -0.2) is 4.79 Å². The van der Waals surface area contributed by atoms with Crippen LogP contribution in [0.2, 0.25) is 0 Å². The van der Waals surface area contributed by atoms with Gasteiger partial charge in [0.1, 0.15) is 0 Å². The van der Waals surface area contributed by atoms with Crippen LogP contribution in [-0.2, 0) is 14.6 Å². The maximum Gasteiger partial charge on any atom is 0.449 e. The minimum atomic E-state index is -4.75. The SMILES string of the molecule is Cc1cc(C(=O)OS(=O)(=O)O)ccn1. The fourth-order valence-electron chi connectivity index (χ4n) is 0.816. The first-order chi connectivity index (χ1) is 6.38. The molecule has 0 atom stereocenters. The van der Waals surface area contributed by atoms with Gasteiger partial charge in [0, 0.05) is 11.9 Å². The molecule has 1 aromatic heterocycles. The van der Waals surface area contributed by atoms with Crippen molar-refractivity contribution in [2.24, 2.45) is 0 Å². The average molecular weight is 217 g/mol. The van der Waals surface area contributed by atoms with Gasteiger partial charge in [-0.3, -0.25) is 9.54 Å². The maximum atomic E-state index is 11.0. The molecule has 0 radical (unpaired) electrons. The van der Waals surface area contributed by atoms with E-state index in [1.54, 1.807) is 6.92 Å². The van der Waals surface area contributed by atoms with Gasteiger partial charge in [0.05, 0.1) is 5.56 Å². The molecule has 0 bridgehead atoms. The van der Waals surface area contributed by atoms with Gasteiger partial charge in [-0.05, 0) is 19.1 Å². The molecular formula is C7H7NO5S. The van der Waals surface area contributed by atoms with Crippen molar-refractivity contribution in [2.75, 3.05) is 0 Å². The first kappa shape index (κ1) is 10.6. The van der Waals surface area contributed by atoms with Crippen LogP contribution in [0.25, 0.3) is 0 Å². The minimum Gasteiger partial charge on any atom is -0.320 e. The van der Waals surface area contributed by atoms with Crippen LogP contribution in [0, 0.1) is 6.92 Å². The van der Waals surface area contributed by atoms with E-state index in [9.17, 15) is 13.2 Å². The van der Waals surface area contributed by atoms with Gasteiger partial charge < -0.3 is 4.18 Å². The molecule has 1 heterocycles. The summed E-state index contributed by atoms with van der Waals surface area (Å²) in [4.78, 5) is 14.8. The van der Waals surface area contributed by atoms with E-state index in [2.05, 4.69) is 9.17 Å². The summed E-state index contributed by atoms with van der Waals surface area (Å²) >= 11 is 0. The van der Waals surface area contributed by atoms with Crippen LogP contribution in [0.1, 0.15) is 16.1 Å². The number of carbonyl (C=O) groups is 1. The zero-order valence-corrected chi connectivity index (χ0v) is 7.98. The molecular weight excluding hydrogens is 210 g/mol. The Balaban J connectivity index is 2.91. The molecule has 6 nitrogen and oxygen atoms in total.